The zero-order chi connectivity index (χ0) is 14.2. The molecule has 1 aliphatic heterocycles. The van der Waals surface area contributed by atoms with Crippen LogP contribution >= 0.6 is 0 Å². The number of carbonyl (C=O) groups is 1. The van der Waals surface area contributed by atoms with Gasteiger partial charge in [0.2, 0.25) is 5.91 Å². The quantitative estimate of drug-likeness (QED) is 0.828. The molecular weight excluding hydrogens is 252 g/mol. The third-order valence-corrected chi connectivity index (χ3v) is 3.63. The number of rotatable bonds is 7. The lowest BCUT2D eigenvalue weighted by atomic mass is 10.1. The highest BCUT2D eigenvalue weighted by molar-refractivity contribution is 5.76. The van der Waals surface area contributed by atoms with E-state index in [9.17, 15) is 4.79 Å². The Labute approximate surface area is 120 Å². The minimum atomic E-state index is 0.110. The number of nitrogens with zero attached hydrogens (tertiary/aromatic N) is 1. The first-order chi connectivity index (χ1) is 9.79. The predicted octanol–water partition coefficient (Wildman–Crippen LogP) is 1.93. The van der Waals surface area contributed by atoms with Gasteiger partial charge in [-0.25, -0.2) is 0 Å². The van der Waals surface area contributed by atoms with Gasteiger partial charge in [-0.3, -0.25) is 4.79 Å². The van der Waals surface area contributed by atoms with Crippen LogP contribution in [-0.2, 0) is 16.1 Å². The summed E-state index contributed by atoms with van der Waals surface area (Å²) < 4.78 is 5.56. The molecule has 1 aromatic rings. The van der Waals surface area contributed by atoms with E-state index < -0.39 is 0 Å². The molecule has 110 valence electrons. The molecule has 0 spiro atoms. The van der Waals surface area contributed by atoms with E-state index in [0.29, 0.717) is 19.5 Å². The predicted molar refractivity (Wildman–Crippen MR) is 79.1 cm³/mol. The molecule has 0 bridgehead atoms. The van der Waals surface area contributed by atoms with E-state index in [4.69, 9.17) is 10.5 Å². The molecule has 1 atom stereocenters. The van der Waals surface area contributed by atoms with Crippen molar-refractivity contribution in [3.63, 3.8) is 0 Å². The molecule has 1 heterocycles. The molecule has 1 aromatic carbocycles. The maximum atomic E-state index is 12.4. The van der Waals surface area contributed by atoms with E-state index in [1.165, 1.54) is 0 Å². The largest absolute Gasteiger partial charge is 0.378 e. The molecule has 1 amide bonds. The van der Waals surface area contributed by atoms with Crippen LogP contribution in [0, 0.1) is 0 Å². The van der Waals surface area contributed by atoms with E-state index >= 15 is 0 Å². The van der Waals surface area contributed by atoms with Gasteiger partial charge in [-0.1, -0.05) is 30.3 Å². The number of ether oxygens (including phenoxy) is 1. The molecule has 4 nitrogen and oxygen atoms in total. The van der Waals surface area contributed by atoms with Crippen LogP contribution in [0.4, 0.5) is 0 Å². The van der Waals surface area contributed by atoms with Crippen molar-refractivity contribution in [2.75, 3.05) is 19.7 Å². The Morgan fingerprint density at radius 2 is 2.15 bits per heavy atom. The van der Waals surface area contributed by atoms with E-state index in [0.717, 1.165) is 38.0 Å². The van der Waals surface area contributed by atoms with Crippen LogP contribution in [0.1, 0.15) is 31.2 Å². The highest BCUT2D eigenvalue weighted by Crippen LogP contribution is 2.17. The second kappa shape index (κ2) is 8.02. The number of nitrogens with two attached hydrogens (primary N) is 1. The number of carbonyl (C=O) groups excluding carboxylic acids is 1. The summed E-state index contributed by atoms with van der Waals surface area (Å²) >= 11 is 0. The van der Waals surface area contributed by atoms with Gasteiger partial charge in [-0.15, -0.1) is 0 Å². The van der Waals surface area contributed by atoms with E-state index in [1.54, 1.807) is 0 Å². The van der Waals surface area contributed by atoms with Crippen molar-refractivity contribution < 1.29 is 9.53 Å². The van der Waals surface area contributed by atoms with Crippen molar-refractivity contribution >= 4 is 5.91 Å². The van der Waals surface area contributed by atoms with E-state index in [-0.39, 0.29) is 12.0 Å². The Bertz CT molecular complexity index is 402. The standard InChI is InChI=1S/C16H24N2O2/c17-9-5-10-18(13-14-6-2-1-3-7-14)16(19)12-15-8-4-11-20-15/h1-3,6-7,15H,4-5,8-13,17H2. The second-order valence-corrected chi connectivity index (χ2v) is 5.28. The Morgan fingerprint density at radius 1 is 1.35 bits per heavy atom. The molecule has 0 radical (unpaired) electrons. The van der Waals surface area contributed by atoms with Crippen LogP contribution in [0.5, 0.6) is 0 Å². The number of hydrogen-bond donors (Lipinski definition) is 1. The summed E-state index contributed by atoms with van der Waals surface area (Å²) in [7, 11) is 0. The summed E-state index contributed by atoms with van der Waals surface area (Å²) in [5.74, 6) is 0.175. The number of hydrogen-bond acceptors (Lipinski definition) is 3. The molecule has 20 heavy (non-hydrogen) atoms. The van der Waals surface area contributed by atoms with Crippen LogP contribution in [0.15, 0.2) is 30.3 Å². The van der Waals surface area contributed by atoms with Gasteiger partial charge in [-0.05, 0) is 31.4 Å². The molecule has 1 unspecified atom stereocenters. The highest BCUT2D eigenvalue weighted by Gasteiger charge is 2.22. The third-order valence-electron chi connectivity index (χ3n) is 3.63. The van der Waals surface area contributed by atoms with Gasteiger partial charge < -0.3 is 15.4 Å². The smallest absolute Gasteiger partial charge is 0.225 e. The van der Waals surface area contributed by atoms with Gasteiger partial charge in [-0.2, -0.15) is 0 Å². The minimum Gasteiger partial charge on any atom is -0.378 e. The Hall–Kier alpha value is -1.39. The fourth-order valence-electron chi connectivity index (χ4n) is 2.51. The maximum Gasteiger partial charge on any atom is 0.225 e. The number of benzene rings is 1. The van der Waals surface area contributed by atoms with Crippen LogP contribution in [0.25, 0.3) is 0 Å². The maximum absolute atomic E-state index is 12.4. The van der Waals surface area contributed by atoms with Gasteiger partial charge in [0.15, 0.2) is 0 Å². The lowest BCUT2D eigenvalue weighted by Crippen LogP contribution is -2.34. The Kier molecular flexibility index (Phi) is 6.02. The van der Waals surface area contributed by atoms with Crippen LogP contribution in [0.3, 0.4) is 0 Å². The van der Waals surface area contributed by atoms with Crippen molar-refractivity contribution in [1.29, 1.82) is 0 Å². The third kappa shape index (κ3) is 4.62. The molecule has 0 aromatic heterocycles. The molecular formula is C16H24N2O2. The molecule has 2 rings (SSSR count). The number of amides is 1. The van der Waals surface area contributed by atoms with Crippen molar-refractivity contribution in [1.82, 2.24) is 4.90 Å². The Balaban J connectivity index is 1.92. The summed E-state index contributed by atoms with van der Waals surface area (Å²) in [5, 5.41) is 0. The van der Waals surface area contributed by atoms with Crippen LogP contribution < -0.4 is 5.73 Å². The summed E-state index contributed by atoms with van der Waals surface area (Å²) in [6, 6.07) is 10.1. The molecule has 0 aliphatic carbocycles. The molecule has 2 N–H and O–H groups in total. The van der Waals surface area contributed by atoms with Gasteiger partial charge in [0.1, 0.15) is 0 Å². The zero-order valence-electron chi connectivity index (χ0n) is 12.0. The SMILES string of the molecule is NCCCN(Cc1ccccc1)C(=O)CC1CCCO1. The summed E-state index contributed by atoms with van der Waals surface area (Å²) in [6.45, 7) is 2.78. The fraction of sp³-hybridized carbons (Fsp3) is 0.562. The summed E-state index contributed by atoms with van der Waals surface area (Å²) in [5.41, 5.74) is 6.73. The molecule has 4 heteroatoms. The molecule has 1 fully saturated rings. The molecule has 1 aliphatic rings. The van der Waals surface area contributed by atoms with Crippen molar-refractivity contribution in [3.05, 3.63) is 35.9 Å². The molecule has 1 saturated heterocycles. The Morgan fingerprint density at radius 3 is 2.80 bits per heavy atom. The topological polar surface area (TPSA) is 55.6 Å². The van der Waals surface area contributed by atoms with Gasteiger partial charge in [0.25, 0.3) is 0 Å². The fourth-order valence-corrected chi connectivity index (χ4v) is 2.51. The van der Waals surface area contributed by atoms with Crippen LogP contribution in [-0.4, -0.2) is 36.6 Å². The van der Waals surface area contributed by atoms with E-state index in [1.807, 2.05) is 23.1 Å². The lowest BCUT2D eigenvalue weighted by Gasteiger charge is -2.24. The van der Waals surface area contributed by atoms with Crippen molar-refractivity contribution in [2.24, 2.45) is 5.73 Å². The highest BCUT2D eigenvalue weighted by atomic mass is 16.5. The van der Waals surface area contributed by atoms with Crippen LogP contribution in [0.2, 0.25) is 0 Å². The minimum absolute atomic E-state index is 0.110. The normalized spacial score (nSPS) is 18.1. The first-order valence-electron chi connectivity index (χ1n) is 7.43. The first kappa shape index (κ1) is 15.0. The van der Waals surface area contributed by atoms with Crippen molar-refractivity contribution in [2.45, 2.75) is 38.3 Å². The lowest BCUT2D eigenvalue weighted by molar-refractivity contribution is -0.134. The first-order valence-corrected chi connectivity index (χ1v) is 7.43. The van der Waals surface area contributed by atoms with E-state index in [2.05, 4.69) is 12.1 Å². The van der Waals surface area contributed by atoms with Gasteiger partial charge in [0.05, 0.1) is 12.5 Å². The van der Waals surface area contributed by atoms with Gasteiger partial charge >= 0.3 is 0 Å². The van der Waals surface area contributed by atoms with Gasteiger partial charge in [0, 0.05) is 19.7 Å². The monoisotopic (exact) mass is 276 g/mol. The zero-order valence-corrected chi connectivity index (χ0v) is 12.0. The van der Waals surface area contributed by atoms with Crippen molar-refractivity contribution in [3.8, 4) is 0 Å². The molecule has 0 saturated carbocycles. The average Bonchev–Trinajstić information content (AvgIpc) is 2.97. The second-order valence-electron chi connectivity index (χ2n) is 5.28. The summed E-state index contributed by atoms with van der Waals surface area (Å²) in [6.07, 6.45) is 3.52. The average molecular weight is 276 g/mol. The summed E-state index contributed by atoms with van der Waals surface area (Å²) in [4.78, 5) is 14.3.